The van der Waals surface area contributed by atoms with Gasteiger partial charge in [0.05, 0.1) is 5.56 Å². The highest BCUT2D eigenvalue weighted by Gasteiger charge is 2.41. The summed E-state index contributed by atoms with van der Waals surface area (Å²) in [6.45, 7) is 2.12. The molecule has 0 heterocycles. The van der Waals surface area contributed by atoms with Crippen LogP contribution in [0.2, 0.25) is 0 Å². The fourth-order valence-electron chi connectivity index (χ4n) is 5.13. The molecule has 0 aliphatic rings. The molecule has 0 amide bonds. The molecule has 5 aromatic rings. The summed E-state index contributed by atoms with van der Waals surface area (Å²) >= 11 is 0. The van der Waals surface area contributed by atoms with Crippen molar-refractivity contribution in [1.82, 2.24) is 0 Å². The van der Waals surface area contributed by atoms with E-state index in [4.69, 9.17) is 0 Å². The normalized spacial score (nSPS) is 11.5. The second-order valence-corrected chi connectivity index (χ2v) is 11.2. The largest absolute Gasteiger partial charge is 0.458 e. The van der Waals surface area contributed by atoms with Crippen LogP contribution in [-0.2, 0) is 12.5 Å². The molecular formula is C39H24F10O. The van der Waals surface area contributed by atoms with Gasteiger partial charge in [-0.2, -0.15) is 22.0 Å². The van der Waals surface area contributed by atoms with Crippen LogP contribution in [0.15, 0.2) is 78.9 Å². The fourth-order valence-corrected chi connectivity index (χ4v) is 5.13. The summed E-state index contributed by atoms with van der Waals surface area (Å²) < 4.78 is 146. The first kappa shape index (κ1) is 35.9. The van der Waals surface area contributed by atoms with Gasteiger partial charge in [0.2, 0.25) is 0 Å². The van der Waals surface area contributed by atoms with E-state index in [1.54, 1.807) is 0 Å². The quantitative estimate of drug-likeness (QED) is 0.0891. The molecule has 0 bridgehead atoms. The van der Waals surface area contributed by atoms with Crippen molar-refractivity contribution in [1.29, 1.82) is 0 Å². The van der Waals surface area contributed by atoms with E-state index >= 15 is 22.0 Å². The van der Waals surface area contributed by atoms with Crippen LogP contribution in [0.5, 0.6) is 5.75 Å². The lowest BCUT2D eigenvalue weighted by atomic mass is 10.00. The van der Waals surface area contributed by atoms with Gasteiger partial charge in [-0.15, -0.1) is 0 Å². The van der Waals surface area contributed by atoms with E-state index < -0.39 is 74.6 Å². The van der Waals surface area contributed by atoms with Crippen molar-refractivity contribution in [3.8, 4) is 40.6 Å². The monoisotopic (exact) mass is 698 g/mol. The van der Waals surface area contributed by atoms with E-state index in [1.807, 2.05) is 24.3 Å². The first-order valence-corrected chi connectivity index (χ1v) is 15.1. The molecule has 0 atom stereocenters. The molecule has 0 N–H and O–H groups in total. The minimum absolute atomic E-state index is 0.261. The van der Waals surface area contributed by atoms with Gasteiger partial charge in [-0.05, 0) is 90.0 Å². The highest BCUT2D eigenvalue weighted by Crippen LogP contribution is 2.38. The number of hydrogen-bond acceptors (Lipinski definition) is 1. The van der Waals surface area contributed by atoms with Crippen molar-refractivity contribution >= 4 is 10.8 Å². The molecule has 0 fully saturated rings. The molecule has 5 rings (SSSR count). The molecule has 0 saturated carbocycles. The maximum atomic E-state index is 15.1. The number of alkyl halides is 5. The minimum Gasteiger partial charge on any atom is -0.429 e. The zero-order valence-corrected chi connectivity index (χ0v) is 26.0. The Morgan fingerprint density at radius 2 is 1.30 bits per heavy atom. The van der Waals surface area contributed by atoms with Gasteiger partial charge in [-0.1, -0.05) is 55.7 Å². The highest BCUT2D eigenvalue weighted by molar-refractivity contribution is 5.86. The number of benzene rings is 5. The molecule has 0 unspecified atom stereocenters. The molecule has 0 aliphatic heterocycles. The highest BCUT2D eigenvalue weighted by atomic mass is 19.4. The molecule has 0 aromatic heterocycles. The van der Waals surface area contributed by atoms with Crippen LogP contribution >= 0.6 is 0 Å². The van der Waals surface area contributed by atoms with Crippen LogP contribution in [0.4, 0.5) is 43.9 Å². The maximum absolute atomic E-state index is 15.1. The van der Waals surface area contributed by atoms with E-state index in [0.29, 0.717) is 29.8 Å². The molecule has 0 saturated heterocycles. The average Bonchev–Trinajstić information content (AvgIpc) is 3.03. The van der Waals surface area contributed by atoms with Gasteiger partial charge in [0.15, 0.2) is 0 Å². The predicted molar refractivity (Wildman–Crippen MR) is 169 cm³/mol. The van der Waals surface area contributed by atoms with Crippen molar-refractivity contribution in [3.63, 3.8) is 0 Å². The summed E-state index contributed by atoms with van der Waals surface area (Å²) in [6.07, 6.45) is -5.43. The Morgan fingerprint density at radius 3 is 1.94 bits per heavy atom. The summed E-state index contributed by atoms with van der Waals surface area (Å²) in [5.74, 6) is -0.440. The van der Waals surface area contributed by atoms with Crippen LogP contribution in [0, 0.1) is 52.8 Å². The summed E-state index contributed by atoms with van der Waals surface area (Å²) in [5, 5.41) is -0.900. The van der Waals surface area contributed by atoms with Gasteiger partial charge in [0, 0.05) is 28.0 Å². The SMILES string of the molecule is CCCCCc1ccc(C#Cc2ccc(-c3cc(F)c(C(F)(F)Oc4ccc5c(F)c(C#CC(F)(F)F)c(F)cc5c4)c(F)c3)c(F)c2)cc1. The Hall–Kier alpha value is -5.42. The molecular weight excluding hydrogens is 674 g/mol. The lowest BCUT2D eigenvalue weighted by Crippen LogP contribution is -2.25. The van der Waals surface area contributed by atoms with Crippen molar-refractivity contribution < 1.29 is 48.6 Å². The second-order valence-electron chi connectivity index (χ2n) is 11.2. The number of halogens is 10. The number of fused-ring (bicyclic) bond motifs is 1. The fraction of sp³-hybridized carbons (Fsp3) is 0.179. The number of aryl methyl sites for hydroxylation is 1. The molecule has 5 aromatic carbocycles. The average molecular weight is 699 g/mol. The van der Waals surface area contributed by atoms with Crippen molar-refractivity contribution in [2.45, 2.75) is 44.9 Å². The smallest absolute Gasteiger partial charge is 0.429 e. The standard InChI is InChI=1S/C39H24F10O/c1-2-3-4-5-23-6-8-24(9-7-23)10-11-25-12-14-29(32(40)18-25)27-21-34(42)36(35(43)22-27)39(48,49)50-28-13-15-30-26(19-28)20-33(41)31(37(30)44)16-17-38(45,46)47/h6-9,12-15,18-22H,2-5H2,1H3. The van der Waals surface area contributed by atoms with Gasteiger partial charge < -0.3 is 4.74 Å². The summed E-state index contributed by atoms with van der Waals surface area (Å²) in [5.41, 5.74) is -1.57. The van der Waals surface area contributed by atoms with Gasteiger partial charge in [0.25, 0.3) is 0 Å². The van der Waals surface area contributed by atoms with E-state index in [9.17, 15) is 22.0 Å². The van der Waals surface area contributed by atoms with Crippen LogP contribution in [0.3, 0.4) is 0 Å². The van der Waals surface area contributed by atoms with E-state index in [2.05, 4.69) is 23.5 Å². The Bertz CT molecular complexity index is 2160. The number of unbranched alkanes of at least 4 members (excludes halogenated alkanes) is 2. The van der Waals surface area contributed by atoms with Gasteiger partial charge in [0.1, 0.15) is 40.4 Å². The molecule has 11 heteroatoms. The van der Waals surface area contributed by atoms with Gasteiger partial charge in [-0.25, -0.2) is 22.0 Å². The zero-order chi connectivity index (χ0) is 36.2. The second kappa shape index (κ2) is 14.6. The van der Waals surface area contributed by atoms with Crippen molar-refractivity contribution in [3.05, 3.63) is 136 Å². The van der Waals surface area contributed by atoms with Crippen molar-refractivity contribution in [2.75, 3.05) is 0 Å². The van der Waals surface area contributed by atoms with Crippen LogP contribution < -0.4 is 4.74 Å². The third-order valence-corrected chi connectivity index (χ3v) is 7.56. The summed E-state index contributed by atoms with van der Waals surface area (Å²) in [6, 6.07) is 15.0. The third kappa shape index (κ3) is 8.41. The lowest BCUT2D eigenvalue weighted by molar-refractivity contribution is -0.189. The molecule has 50 heavy (non-hydrogen) atoms. The number of rotatable bonds is 8. The van der Waals surface area contributed by atoms with E-state index in [1.165, 1.54) is 23.6 Å². The molecule has 0 radical (unpaired) electrons. The van der Waals surface area contributed by atoms with Crippen LogP contribution in [0.1, 0.15) is 54.0 Å². The third-order valence-electron chi connectivity index (χ3n) is 7.56. The molecule has 0 aliphatic carbocycles. The number of hydrogen-bond donors (Lipinski definition) is 0. The summed E-state index contributed by atoms with van der Waals surface area (Å²) in [7, 11) is 0. The Labute approximate surface area is 280 Å². The van der Waals surface area contributed by atoms with Gasteiger partial charge in [-0.3, -0.25) is 0 Å². The van der Waals surface area contributed by atoms with E-state index in [0.717, 1.165) is 49.8 Å². The van der Waals surface area contributed by atoms with Gasteiger partial charge >= 0.3 is 12.3 Å². The predicted octanol–water partition coefficient (Wildman–Crippen LogP) is 11.4. The number of ether oxygens (including phenoxy) is 1. The molecule has 256 valence electrons. The van der Waals surface area contributed by atoms with Crippen LogP contribution in [-0.4, -0.2) is 6.18 Å². The Balaban J connectivity index is 1.35. The first-order valence-electron chi connectivity index (χ1n) is 15.1. The lowest BCUT2D eigenvalue weighted by Gasteiger charge is -2.20. The molecule has 0 spiro atoms. The minimum atomic E-state index is -5.03. The van der Waals surface area contributed by atoms with Crippen LogP contribution in [0.25, 0.3) is 21.9 Å². The van der Waals surface area contributed by atoms with E-state index in [-0.39, 0.29) is 11.1 Å². The maximum Gasteiger partial charge on any atom is 0.458 e. The first-order chi connectivity index (χ1) is 23.6. The Morgan fingerprint density at radius 1 is 0.640 bits per heavy atom. The zero-order valence-electron chi connectivity index (χ0n) is 26.0. The molecule has 1 nitrogen and oxygen atoms in total. The summed E-state index contributed by atoms with van der Waals surface area (Å²) in [4.78, 5) is 0. The Kier molecular flexibility index (Phi) is 10.5. The topological polar surface area (TPSA) is 9.23 Å². The van der Waals surface area contributed by atoms with Crippen molar-refractivity contribution in [2.24, 2.45) is 0 Å².